The van der Waals surface area contributed by atoms with Gasteiger partial charge in [-0.25, -0.2) is 0 Å². The summed E-state index contributed by atoms with van der Waals surface area (Å²) in [6.45, 7) is 2.48. The van der Waals surface area contributed by atoms with E-state index in [0.29, 0.717) is 12.3 Å². The number of nitro benzene ring substituents is 1. The lowest BCUT2D eigenvalue weighted by Crippen LogP contribution is -2.00. The Balaban J connectivity index is 2.07. The largest absolute Gasteiger partial charge is 0.489 e. The Hall–Kier alpha value is -2.56. The Kier molecular flexibility index (Phi) is 4.77. The van der Waals surface area contributed by atoms with Gasteiger partial charge in [0, 0.05) is 13.1 Å². The molecule has 5 nitrogen and oxygen atoms in total. The number of nitro groups is 1. The number of benzene rings is 2. The molecule has 0 bridgehead atoms. The molecule has 0 spiro atoms. The molecule has 2 aromatic carbocycles. The van der Waals surface area contributed by atoms with Gasteiger partial charge in [0.15, 0.2) is 0 Å². The summed E-state index contributed by atoms with van der Waals surface area (Å²) in [5.74, 6) is 0.788. The van der Waals surface area contributed by atoms with Gasteiger partial charge in [-0.1, -0.05) is 19.1 Å². The lowest BCUT2D eigenvalue weighted by atomic mass is 10.1. The minimum atomic E-state index is -0.403. The summed E-state index contributed by atoms with van der Waals surface area (Å²) < 4.78 is 5.69. The fourth-order valence-electron chi connectivity index (χ4n) is 2.02. The van der Waals surface area contributed by atoms with Crippen molar-refractivity contribution < 1.29 is 9.66 Å². The van der Waals surface area contributed by atoms with Gasteiger partial charge in [0.25, 0.3) is 5.69 Å². The zero-order chi connectivity index (χ0) is 15.2. The van der Waals surface area contributed by atoms with Gasteiger partial charge < -0.3 is 10.1 Å². The van der Waals surface area contributed by atoms with Gasteiger partial charge in [-0.05, 0) is 41.8 Å². The highest BCUT2D eigenvalue weighted by Gasteiger charge is 2.12. The molecule has 0 aromatic heterocycles. The van der Waals surface area contributed by atoms with Gasteiger partial charge in [0.1, 0.15) is 18.0 Å². The minimum absolute atomic E-state index is 0.0635. The van der Waals surface area contributed by atoms with Crippen molar-refractivity contribution in [2.75, 3.05) is 12.4 Å². The van der Waals surface area contributed by atoms with E-state index in [1.54, 1.807) is 19.2 Å². The molecule has 5 heteroatoms. The number of aryl methyl sites for hydroxylation is 1. The maximum Gasteiger partial charge on any atom is 0.292 e. The highest BCUT2D eigenvalue weighted by molar-refractivity contribution is 5.62. The van der Waals surface area contributed by atoms with Crippen molar-refractivity contribution in [3.8, 4) is 5.75 Å². The number of anilines is 1. The molecule has 0 saturated heterocycles. The van der Waals surface area contributed by atoms with Crippen molar-refractivity contribution >= 4 is 11.4 Å². The van der Waals surface area contributed by atoms with Gasteiger partial charge in [-0.15, -0.1) is 0 Å². The molecular weight excluding hydrogens is 268 g/mol. The SMILES string of the molecule is CCc1ccc(OCc2ccc([N+](=O)[O-])c(NC)c2)cc1. The summed E-state index contributed by atoms with van der Waals surface area (Å²) in [5.41, 5.74) is 2.69. The number of hydrogen-bond acceptors (Lipinski definition) is 4. The van der Waals surface area contributed by atoms with E-state index in [2.05, 4.69) is 12.2 Å². The number of nitrogens with zero attached hydrogens (tertiary/aromatic N) is 1. The molecular formula is C16H18N2O3. The predicted molar refractivity (Wildman–Crippen MR) is 82.8 cm³/mol. The molecule has 0 amide bonds. The Bertz CT molecular complexity index is 624. The van der Waals surface area contributed by atoms with Crippen LogP contribution in [0.4, 0.5) is 11.4 Å². The summed E-state index contributed by atoms with van der Waals surface area (Å²) in [7, 11) is 1.66. The highest BCUT2D eigenvalue weighted by Crippen LogP contribution is 2.25. The van der Waals surface area contributed by atoms with E-state index in [9.17, 15) is 10.1 Å². The second-order valence-corrected chi connectivity index (χ2v) is 4.64. The van der Waals surface area contributed by atoms with Crippen LogP contribution in [0.3, 0.4) is 0 Å². The van der Waals surface area contributed by atoms with Crippen LogP contribution in [0.5, 0.6) is 5.75 Å². The van der Waals surface area contributed by atoms with Crippen molar-refractivity contribution in [3.05, 3.63) is 63.7 Å². The van der Waals surface area contributed by atoms with E-state index in [0.717, 1.165) is 17.7 Å². The monoisotopic (exact) mass is 286 g/mol. The lowest BCUT2D eigenvalue weighted by molar-refractivity contribution is -0.384. The normalized spacial score (nSPS) is 10.2. The number of nitrogens with one attached hydrogen (secondary N) is 1. The van der Waals surface area contributed by atoms with Crippen LogP contribution in [-0.4, -0.2) is 12.0 Å². The van der Waals surface area contributed by atoms with E-state index in [-0.39, 0.29) is 5.69 Å². The Labute approximate surface area is 123 Å². The fraction of sp³-hybridized carbons (Fsp3) is 0.250. The maximum absolute atomic E-state index is 10.9. The predicted octanol–water partition coefficient (Wildman–Crippen LogP) is 3.78. The van der Waals surface area contributed by atoms with Gasteiger partial charge in [-0.2, -0.15) is 0 Å². The van der Waals surface area contributed by atoms with Gasteiger partial charge in [0.2, 0.25) is 0 Å². The van der Waals surface area contributed by atoms with Crippen LogP contribution < -0.4 is 10.1 Å². The molecule has 0 unspecified atom stereocenters. The summed E-state index contributed by atoms with van der Waals surface area (Å²) in [4.78, 5) is 10.5. The Morgan fingerprint density at radius 3 is 2.38 bits per heavy atom. The molecule has 0 aliphatic heterocycles. The third-order valence-corrected chi connectivity index (χ3v) is 3.26. The molecule has 2 rings (SSSR count). The summed E-state index contributed by atoms with van der Waals surface area (Å²) in [6, 6.07) is 12.9. The maximum atomic E-state index is 10.9. The van der Waals surface area contributed by atoms with E-state index >= 15 is 0 Å². The average molecular weight is 286 g/mol. The molecule has 0 fully saturated rings. The molecule has 0 saturated carbocycles. The second kappa shape index (κ2) is 6.74. The van der Waals surface area contributed by atoms with Crippen molar-refractivity contribution in [1.82, 2.24) is 0 Å². The zero-order valence-electron chi connectivity index (χ0n) is 12.1. The van der Waals surface area contributed by atoms with Crippen LogP contribution in [-0.2, 0) is 13.0 Å². The molecule has 0 aliphatic carbocycles. The Morgan fingerprint density at radius 2 is 1.81 bits per heavy atom. The topological polar surface area (TPSA) is 64.4 Å². The molecule has 0 heterocycles. The van der Waals surface area contributed by atoms with E-state index in [1.807, 2.05) is 24.3 Å². The lowest BCUT2D eigenvalue weighted by Gasteiger charge is -2.09. The van der Waals surface area contributed by atoms with Crippen LogP contribution in [0, 0.1) is 10.1 Å². The number of ether oxygens (including phenoxy) is 1. The van der Waals surface area contributed by atoms with E-state index < -0.39 is 4.92 Å². The quantitative estimate of drug-likeness (QED) is 0.648. The van der Waals surface area contributed by atoms with Crippen LogP contribution in [0.15, 0.2) is 42.5 Å². The first kappa shape index (κ1) is 14.8. The van der Waals surface area contributed by atoms with Crippen LogP contribution in [0.2, 0.25) is 0 Å². The van der Waals surface area contributed by atoms with Gasteiger partial charge >= 0.3 is 0 Å². The van der Waals surface area contributed by atoms with Crippen LogP contribution >= 0.6 is 0 Å². The van der Waals surface area contributed by atoms with Crippen LogP contribution in [0.25, 0.3) is 0 Å². The molecule has 21 heavy (non-hydrogen) atoms. The van der Waals surface area contributed by atoms with Crippen molar-refractivity contribution in [3.63, 3.8) is 0 Å². The first-order valence-electron chi connectivity index (χ1n) is 6.81. The fourth-order valence-corrected chi connectivity index (χ4v) is 2.02. The molecule has 1 N–H and O–H groups in total. The molecule has 2 aromatic rings. The summed E-state index contributed by atoms with van der Waals surface area (Å²) in [5, 5.41) is 13.7. The van der Waals surface area contributed by atoms with E-state index in [1.165, 1.54) is 11.6 Å². The molecule has 110 valence electrons. The average Bonchev–Trinajstić information content (AvgIpc) is 2.52. The number of hydrogen-bond donors (Lipinski definition) is 1. The standard InChI is InChI=1S/C16H18N2O3/c1-3-12-4-7-14(8-5-12)21-11-13-6-9-16(18(19)20)15(10-13)17-2/h4-10,17H,3,11H2,1-2H3. The minimum Gasteiger partial charge on any atom is -0.489 e. The Morgan fingerprint density at radius 1 is 1.14 bits per heavy atom. The van der Waals surface area contributed by atoms with Crippen molar-refractivity contribution in [2.45, 2.75) is 20.0 Å². The molecule has 0 aliphatic rings. The first-order valence-corrected chi connectivity index (χ1v) is 6.81. The summed E-state index contributed by atoms with van der Waals surface area (Å²) in [6.07, 6.45) is 0.994. The first-order chi connectivity index (χ1) is 10.1. The van der Waals surface area contributed by atoms with Crippen LogP contribution in [0.1, 0.15) is 18.1 Å². The molecule has 0 atom stereocenters. The molecule has 0 radical (unpaired) electrons. The second-order valence-electron chi connectivity index (χ2n) is 4.64. The summed E-state index contributed by atoms with van der Waals surface area (Å²) >= 11 is 0. The third-order valence-electron chi connectivity index (χ3n) is 3.26. The van der Waals surface area contributed by atoms with E-state index in [4.69, 9.17) is 4.74 Å². The number of rotatable bonds is 6. The van der Waals surface area contributed by atoms with Gasteiger partial charge in [0.05, 0.1) is 4.92 Å². The smallest absolute Gasteiger partial charge is 0.292 e. The highest BCUT2D eigenvalue weighted by atomic mass is 16.6. The zero-order valence-corrected chi connectivity index (χ0v) is 12.1. The van der Waals surface area contributed by atoms with Crippen molar-refractivity contribution in [1.29, 1.82) is 0 Å². The van der Waals surface area contributed by atoms with Gasteiger partial charge in [-0.3, -0.25) is 10.1 Å². The third kappa shape index (κ3) is 3.72. The van der Waals surface area contributed by atoms with Crippen molar-refractivity contribution in [2.24, 2.45) is 0 Å².